The molecule has 0 saturated carbocycles. The molecule has 3 heterocycles. The van der Waals surface area contributed by atoms with Gasteiger partial charge in [-0.2, -0.15) is 0 Å². The molecule has 2 N–H and O–H groups in total. The number of aromatic amines is 1. The number of carbonyl (C=O) groups excluding carboxylic acids is 4. The Bertz CT molecular complexity index is 2660. The molecular formula is C49H46ClNO6S2. The van der Waals surface area contributed by atoms with Gasteiger partial charge in [0.25, 0.3) is 0 Å². The largest absolute Gasteiger partial charge is 0.481 e. The maximum atomic E-state index is 12.4. The molecule has 1 aliphatic heterocycles. The number of fused-ring (bicyclic) bond motifs is 5. The van der Waals surface area contributed by atoms with E-state index in [0.717, 1.165) is 69.3 Å². The average Bonchev–Trinajstić information content (AvgIpc) is 3.86. The van der Waals surface area contributed by atoms with Crippen LogP contribution in [-0.4, -0.2) is 39.2 Å². The second-order valence-corrected chi connectivity index (χ2v) is 16.8. The zero-order chi connectivity index (χ0) is 41.7. The Morgan fingerprint density at radius 1 is 0.678 bits per heavy atom. The van der Waals surface area contributed by atoms with Gasteiger partial charge in [-0.05, 0) is 90.9 Å². The molecule has 1 aliphatic rings. The van der Waals surface area contributed by atoms with E-state index in [4.69, 9.17) is 16.7 Å². The summed E-state index contributed by atoms with van der Waals surface area (Å²) in [6.07, 6.45) is 0.319. The molecule has 0 amide bonds. The molecule has 0 aliphatic carbocycles. The lowest BCUT2D eigenvalue weighted by molar-refractivity contribution is -0.138. The van der Waals surface area contributed by atoms with Crippen LogP contribution in [0.5, 0.6) is 0 Å². The first-order chi connectivity index (χ1) is 27.7. The number of halogens is 1. The number of benzene rings is 5. The Labute approximate surface area is 357 Å². The van der Waals surface area contributed by atoms with Gasteiger partial charge in [0.2, 0.25) is 5.78 Å². The molecule has 7 nitrogen and oxygen atoms in total. The molecule has 0 spiro atoms. The predicted molar refractivity (Wildman–Crippen MR) is 241 cm³/mol. The van der Waals surface area contributed by atoms with Gasteiger partial charge in [-0.25, -0.2) is 0 Å². The number of carboxylic acid groups (broad SMARTS) is 1. The minimum atomic E-state index is -0.856. The maximum absolute atomic E-state index is 12.4. The summed E-state index contributed by atoms with van der Waals surface area (Å²) in [4.78, 5) is 64.4. The van der Waals surface area contributed by atoms with E-state index < -0.39 is 11.9 Å². The van der Waals surface area contributed by atoms with Crippen molar-refractivity contribution >= 4 is 85.6 Å². The van der Waals surface area contributed by atoms with E-state index in [1.807, 2.05) is 110 Å². The van der Waals surface area contributed by atoms with Crippen LogP contribution in [0.4, 0.5) is 0 Å². The monoisotopic (exact) mass is 843 g/mol. The Morgan fingerprint density at radius 2 is 1.32 bits per heavy atom. The summed E-state index contributed by atoms with van der Waals surface area (Å²) in [5.74, 6) is -1.18. The lowest BCUT2D eigenvalue weighted by Gasteiger charge is -2.11. The first-order valence-electron chi connectivity index (χ1n) is 18.8. The van der Waals surface area contributed by atoms with Crippen LogP contribution in [0.2, 0.25) is 5.02 Å². The minimum absolute atomic E-state index is 0. The highest BCUT2D eigenvalue weighted by Crippen LogP contribution is 2.38. The molecule has 59 heavy (non-hydrogen) atoms. The Kier molecular flexibility index (Phi) is 14.7. The summed E-state index contributed by atoms with van der Waals surface area (Å²) in [6.45, 7) is 8.67. The first kappa shape index (κ1) is 44.5. The molecule has 2 aromatic heterocycles. The van der Waals surface area contributed by atoms with Crippen molar-refractivity contribution in [1.82, 2.24) is 4.98 Å². The van der Waals surface area contributed by atoms with Crippen LogP contribution in [0.3, 0.4) is 0 Å². The first-order valence-corrected chi connectivity index (χ1v) is 20.8. The summed E-state index contributed by atoms with van der Waals surface area (Å²) in [7, 11) is 0. The third-order valence-electron chi connectivity index (χ3n) is 10.4. The topological polar surface area (TPSA) is 121 Å². The number of rotatable bonds is 8. The highest BCUT2D eigenvalue weighted by atomic mass is 35.5. The lowest BCUT2D eigenvalue weighted by atomic mass is 9.96. The third-order valence-corrected chi connectivity index (χ3v) is 12.7. The van der Waals surface area contributed by atoms with Crippen molar-refractivity contribution in [1.29, 1.82) is 0 Å². The molecule has 0 bridgehead atoms. The number of ketones is 4. The minimum Gasteiger partial charge on any atom is -0.481 e. The number of carbonyl (C=O) groups is 5. The fraction of sp³-hybridized carbons (Fsp3) is 0.204. The van der Waals surface area contributed by atoms with Gasteiger partial charge in [-0.1, -0.05) is 117 Å². The third kappa shape index (κ3) is 10.3. The summed E-state index contributed by atoms with van der Waals surface area (Å²) < 4.78 is 0. The average molecular weight is 844 g/mol. The molecule has 10 heteroatoms. The number of H-pyrrole nitrogens is 1. The molecule has 3 atom stereocenters. The molecule has 8 rings (SSSR count). The number of aromatic nitrogens is 1. The number of hydrogen-bond donors (Lipinski definition) is 2. The Balaban J connectivity index is 0.000000167. The van der Waals surface area contributed by atoms with Crippen molar-refractivity contribution in [2.24, 2.45) is 0 Å². The van der Waals surface area contributed by atoms with Gasteiger partial charge < -0.3 is 10.1 Å². The smallest absolute Gasteiger partial charge is 0.310 e. The second-order valence-electron chi connectivity index (χ2n) is 14.3. The molecular weight excluding hydrogens is 798 g/mol. The van der Waals surface area contributed by atoms with Gasteiger partial charge in [0, 0.05) is 66.0 Å². The normalized spacial score (nSPS) is 13.2. The number of hydrogen-bond acceptors (Lipinski definition) is 7. The molecule has 0 radical (unpaired) electrons. The number of Topliss-reactive ketones (excluding diaryl/α,β-unsaturated/α-hetero) is 3. The quantitative estimate of drug-likeness (QED) is 0.146. The molecule has 0 fully saturated rings. The zero-order valence-corrected chi connectivity index (χ0v) is 35.1. The number of aliphatic carboxylic acids is 1. The van der Waals surface area contributed by atoms with Gasteiger partial charge in [0.05, 0.1) is 10.8 Å². The van der Waals surface area contributed by atoms with E-state index in [-0.39, 0.29) is 42.4 Å². The van der Waals surface area contributed by atoms with Crippen molar-refractivity contribution in [3.05, 3.63) is 164 Å². The number of nitrogens with one attached hydrogen (secondary N) is 1. The second kappa shape index (κ2) is 19.4. The summed E-state index contributed by atoms with van der Waals surface area (Å²) >= 11 is 9.05. The van der Waals surface area contributed by atoms with Gasteiger partial charge >= 0.3 is 5.97 Å². The van der Waals surface area contributed by atoms with Gasteiger partial charge in [0.15, 0.2) is 5.78 Å². The molecule has 7 aromatic rings. The van der Waals surface area contributed by atoms with Crippen LogP contribution in [0, 0.1) is 0 Å². The number of carboxylic acids is 1. The van der Waals surface area contributed by atoms with Crippen molar-refractivity contribution < 1.29 is 29.1 Å². The van der Waals surface area contributed by atoms with Crippen molar-refractivity contribution in [2.75, 3.05) is 0 Å². The van der Waals surface area contributed by atoms with Crippen molar-refractivity contribution in [3.63, 3.8) is 0 Å². The van der Waals surface area contributed by atoms with Crippen LogP contribution in [0.1, 0.15) is 108 Å². The zero-order valence-electron chi connectivity index (χ0n) is 32.7. The fourth-order valence-electron chi connectivity index (χ4n) is 6.53. The van der Waals surface area contributed by atoms with Gasteiger partial charge in [-0.15, -0.1) is 11.3 Å². The Hall–Kier alpha value is -5.61. The molecule has 2 unspecified atom stereocenters. The highest BCUT2D eigenvalue weighted by molar-refractivity contribution is 7.99. The van der Waals surface area contributed by atoms with Crippen molar-refractivity contribution in [3.8, 4) is 0 Å². The van der Waals surface area contributed by atoms with Crippen molar-refractivity contribution in [2.45, 2.75) is 76.0 Å². The maximum Gasteiger partial charge on any atom is 0.310 e. The molecule has 0 saturated heterocycles. The van der Waals surface area contributed by atoms with Crippen LogP contribution in [0.25, 0.3) is 21.8 Å². The number of thiophene rings is 1. The van der Waals surface area contributed by atoms with Crippen LogP contribution < -0.4 is 0 Å². The van der Waals surface area contributed by atoms with E-state index >= 15 is 0 Å². The lowest BCUT2D eigenvalue weighted by Crippen LogP contribution is -2.09. The summed E-state index contributed by atoms with van der Waals surface area (Å²) in [6, 6.07) is 36.1. The van der Waals surface area contributed by atoms with Crippen LogP contribution >= 0.6 is 34.7 Å². The standard InChI is InChI=1S/C17H14O3S.C16H14ClNO.C15H14O2S.CH4/c1-10(17(19)20)11-6-7-15-12(8-11)9-14(18)13-4-2-3-5-16(13)21-15;1-9(10(2)19)11-3-5-13-14-8-12(17)4-6-15(14)18-16(13)7-11;1-10(11(2)16)12-5-7-13(8-6-12)15(17)14-4-3-9-18-14;/h2-8,10H,9H2,1H3,(H,19,20);3-9,18H,1-2H3;3-10H,1-2H3;1H4/t10-;;;/m0.../s1. The highest BCUT2D eigenvalue weighted by Gasteiger charge is 2.22. The van der Waals surface area contributed by atoms with E-state index in [0.29, 0.717) is 12.0 Å². The fourth-order valence-corrected chi connectivity index (χ4v) is 8.46. The predicted octanol–water partition coefficient (Wildman–Crippen LogP) is 12.7. The van der Waals surface area contributed by atoms with Crippen LogP contribution in [0.15, 0.2) is 130 Å². The van der Waals surface area contributed by atoms with E-state index in [2.05, 4.69) is 17.1 Å². The van der Waals surface area contributed by atoms with E-state index in [1.54, 1.807) is 44.7 Å². The molecule has 5 aromatic carbocycles. The molecule has 302 valence electrons. The summed E-state index contributed by atoms with van der Waals surface area (Å²) in [5, 5.41) is 14.0. The van der Waals surface area contributed by atoms with Gasteiger partial charge in [0.1, 0.15) is 11.6 Å². The van der Waals surface area contributed by atoms with Crippen LogP contribution in [-0.2, 0) is 20.8 Å². The van der Waals surface area contributed by atoms with E-state index in [9.17, 15) is 24.0 Å². The Morgan fingerprint density at radius 3 is 1.98 bits per heavy atom. The summed E-state index contributed by atoms with van der Waals surface area (Å²) in [5.41, 5.74) is 7.15. The van der Waals surface area contributed by atoms with E-state index in [1.165, 1.54) is 11.3 Å². The van der Waals surface area contributed by atoms with Gasteiger partial charge in [-0.3, -0.25) is 24.0 Å². The SMILES string of the molecule is C.CC(=O)C(C)c1ccc(C(=O)c2cccs2)cc1.CC(=O)C(C)c1ccc2c(c1)[nH]c1ccc(Cl)cc12.C[C@H](C(=O)O)c1ccc2c(c1)CC(=O)c1ccccc1S2.